The molecule has 1 aromatic rings. The lowest BCUT2D eigenvalue weighted by Gasteiger charge is -2.18. The molecule has 2 rings (SSSR count). The van der Waals surface area contributed by atoms with Gasteiger partial charge in [-0.3, -0.25) is 4.79 Å². The molecule has 0 aromatic heterocycles. The van der Waals surface area contributed by atoms with Crippen molar-refractivity contribution in [3.63, 3.8) is 0 Å². The molecule has 0 unspecified atom stereocenters. The van der Waals surface area contributed by atoms with Gasteiger partial charge in [0.15, 0.2) is 0 Å². The number of methoxy groups -OCH3 is 1. The molecule has 0 bridgehead atoms. The van der Waals surface area contributed by atoms with Gasteiger partial charge in [0.25, 0.3) is 0 Å². The zero-order chi connectivity index (χ0) is 15.9. The standard InChI is InChI=1S/C15H21ClN2O4/c1-3-22-14-9-21-8-12(14)17-7-15(19)18-10-4-5-11(16)13(6-10)20-2/h4-6,12,14,17H,3,7-9H2,1-2H3,(H,18,19)/t12-,14-/m0/s1. The Bertz CT molecular complexity index is 512. The molecular weight excluding hydrogens is 308 g/mol. The number of halogens is 1. The van der Waals surface area contributed by atoms with Crippen LogP contribution < -0.4 is 15.4 Å². The summed E-state index contributed by atoms with van der Waals surface area (Å²) < 4.78 is 16.0. The van der Waals surface area contributed by atoms with Gasteiger partial charge in [-0.15, -0.1) is 0 Å². The fourth-order valence-corrected chi connectivity index (χ4v) is 2.46. The molecule has 6 nitrogen and oxygen atoms in total. The van der Waals surface area contributed by atoms with Crippen LogP contribution in [0.15, 0.2) is 18.2 Å². The van der Waals surface area contributed by atoms with E-state index in [0.717, 1.165) is 0 Å². The first kappa shape index (κ1) is 17.0. The van der Waals surface area contributed by atoms with Crippen LogP contribution in [0, 0.1) is 0 Å². The number of anilines is 1. The molecule has 22 heavy (non-hydrogen) atoms. The van der Waals surface area contributed by atoms with E-state index in [9.17, 15) is 4.79 Å². The fraction of sp³-hybridized carbons (Fsp3) is 0.533. The predicted octanol–water partition coefficient (Wildman–Crippen LogP) is 1.68. The van der Waals surface area contributed by atoms with Crippen LogP contribution in [0.2, 0.25) is 5.02 Å². The van der Waals surface area contributed by atoms with Crippen molar-refractivity contribution in [2.75, 3.05) is 38.8 Å². The summed E-state index contributed by atoms with van der Waals surface area (Å²) in [6.45, 7) is 3.86. The van der Waals surface area contributed by atoms with Crippen LogP contribution in [-0.2, 0) is 14.3 Å². The van der Waals surface area contributed by atoms with Gasteiger partial charge in [0.05, 0.1) is 44.0 Å². The van der Waals surface area contributed by atoms with Crippen molar-refractivity contribution in [3.05, 3.63) is 23.2 Å². The van der Waals surface area contributed by atoms with Gasteiger partial charge >= 0.3 is 0 Å². The maximum Gasteiger partial charge on any atom is 0.238 e. The van der Waals surface area contributed by atoms with Crippen molar-refractivity contribution in [2.45, 2.75) is 19.1 Å². The van der Waals surface area contributed by atoms with E-state index < -0.39 is 0 Å². The maximum absolute atomic E-state index is 12.0. The lowest BCUT2D eigenvalue weighted by molar-refractivity contribution is -0.115. The third-order valence-corrected chi connectivity index (χ3v) is 3.68. The Balaban J connectivity index is 1.83. The monoisotopic (exact) mass is 328 g/mol. The fourth-order valence-electron chi connectivity index (χ4n) is 2.27. The van der Waals surface area contributed by atoms with E-state index >= 15 is 0 Å². The Kier molecular flexibility index (Phi) is 6.45. The first-order chi connectivity index (χ1) is 10.6. The van der Waals surface area contributed by atoms with Crippen LogP contribution in [0.3, 0.4) is 0 Å². The molecule has 1 aliphatic rings. The van der Waals surface area contributed by atoms with Gasteiger partial charge < -0.3 is 24.8 Å². The minimum atomic E-state index is -0.147. The first-order valence-corrected chi connectivity index (χ1v) is 7.58. The van der Waals surface area contributed by atoms with Crippen molar-refractivity contribution in [1.82, 2.24) is 5.32 Å². The second kappa shape index (κ2) is 8.33. The summed E-state index contributed by atoms with van der Waals surface area (Å²) in [5, 5.41) is 6.45. The van der Waals surface area contributed by atoms with E-state index in [1.54, 1.807) is 18.2 Å². The maximum atomic E-state index is 12.0. The quantitative estimate of drug-likeness (QED) is 0.797. The number of rotatable bonds is 7. The number of hydrogen-bond acceptors (Lipinski definition) is 5. The highest BCUT2D eigenvalue weighted by atomic mass is 35.5. The lowest BCUT2D eigenvalue weighted by atomic mass is 10.2. The number of ether oxygens (including phenoxy) is 3. The predicted molar refractivity (Wildman–Crippen MR) is 84.7 cm³/mol. The number of benzene rings is 1. The van der Waals surface area contributed by atoms with Crippen LogP contribution in [0.1, 0.15) is 6.92 Å². The largest absolute Gasteiger partial charge is 0.495 e. The van der Waals surface area contributed by atoms with Crippen LogP contribution >= 0.6 is 11.6 Å². The number of carbonyl (C=O) groups excluding carboxylic acids is 1. The Morgan fingerprint density at radius 3 is 3.00 bits per heavy atom. The highest BCUT2D eigenvalue weighted by Gasteiger charge is 2.28. The van der Waals surface area contributed by atoms with Crippen molar-refractivity contribution in [2.24, 2.45) is 0 Å². The van der Waals surface area contributed by atoms with Crippen LogP contribution in [0.4, 0.5) is 5.69 Å². The molecule has 2 N–H and O–H groups in total. The third kappa shape index (κ3) is 4.58. The van der Waals surface area contributed by atoms with Crippen molar-refractivity contribution < 1.29 is 19.0 Å². The normalized spacial score (nSPS) is 20.9. The Hall–Kier alpha value is -1.34. The average Bonchev–Trinajstić information content (AvgIpc) is 2.95. The number of amides is 1. The number of hydrogen-bond donors (Lipinski definition) is 2. The van der Waals surface area contributed by atoms with Crippen LogP contribution in [0.25, 0.3) is 0 Å². The SMILES string of the molecule is CCO[C@H]1COC[C@@H]1NCC(=O)Nc1ccc(Cl)c(OC)c1. The summed E-state index contributed by atoms with van der Waals surface area (Å²) in [6, 6.07) is 5.12. The minimum Gasteiger partial charge on any atom is -0.495 e. The second-order valence-electron chi connectivity index (χ2n) is 4.92. The van der Waals surface area contributed by atoms with Gasteiger partial charge in [-0.1, -0.05) is 11.6 Å². The van der Waals surface area contributed by atoms with Crippen molar-refractivity contribution in [3.8, 4) is 5.75 Å². The molecule has 1 saturated heterocycles. The van der Waals surface area contributed by atoms with E-state index in [0.29, 0.717) is 36.3 Å². The molecule has 0 aliphatic carbocycles. The summed E-state index contributed by atoms with van der Waals surface area (Å²) in [5.41, 5.74) is 0.636. The molecular formula is C15H21ClN2O4. The van der Waals surface area contributed by atoms with E-state index in [1.165, 1.54) is 7.11 Å². The van der Waals surface area contributed by atoms with E-state index in [2.05, 4.69) is 10.6 Å². The Morgan fingerprint density at radius 2 is 2.27 bits per heavy atom. The summed E-state index contributed by atoms with van der Waals surface area (Å²) in [6.07, 6.45) is -0.00609. The zero-order valence-corrected chi connectivity index (χ0v) is 13.5. The van der Waals surface area contributed by atoms with Gasteiger partial charge in [-0.25, -0.2) is 0 Å². The molecule has 2 atom stereocenters. The zero-order valence-electron chi connectivity index (χ0n) is 12.7. The topological polar surface area (TPSA) is 68.8 Å². The highest BCUT2D eigenvalue weighted by Crippen LogP contribution is 2.27. The molecule has 0 saturated carbocycles. The van der Waals surface area contributed by atoms with Crippen molar-refractivity contribution >= 4 is 23.2 Å². The van der Waals surface area contributed by atoms with Crippen LogP contribution in [-0.4, -0.2) is 51.5 Å². The van der Waals surface area contributed by atoms with Gasteiger partial charge in [0.1, 0.15) is 5.75 Å². The first-order valence-electron chi connectivity index (χ1n) is 7.20. The summed E-state index contributed by atoms with van der Waals surface area (Å²) >= 11 is 5.95. The molecule has 1 amide bonds. The number of carbonyl (C=O) groups is 1. The summed E-state index contributed by atoms with van der Waals surface area (Å²) in [5.74, 6) is 0.375. The van der Waals surface area contributed by atoms with E-state index in [4.69, 9.17) is 25.8 Å². The summed E-state index contributed by atoms with van der Waals surface area (Å²) in [4.78, 5) is 12.0. The molecule has 122 valence electrons. The Labute approximate surface area is 135 Å². The lowest BCUT2D eigenvalue weighted by Crippen LogP contribution is -2.43. The molecule has 0 radical (unpaired) electrons. The highest BCUT2D eigenvalue weighted by molar-refractivity contribution is 6.32. The van der Waals surface area contributed by atoms with E-state index in [-0.39, 0.29) is 24.6 Å². The molecule has 7 heteroatoms. The molecule has 1 fully saturated rings. The van der Waals surface area contributed by atoms with Gasteiger partial charge in [0, 0.05) is 18.4 Å². The van der Waals surface area contributed by atoms with Crippen molar-refractivity contribution in [1.29, 1.82) is 0 Å². The van der Waals surface area contributed by atoms with E-state index in [1.807, 2.05) is 6.92 Å². The van der Waals surface area contributed by atoms with Gasteiger partial charge in [0.2, 0.25) is 5.91 Å². The Morgan fingerprint density at radius 1 is 1.45 bits per heavy atom. The van der Waals surface area contributed by atoms with Gasteiger partial charge in [-0.05, 0) is 19.1 Å². The smallest absolute Gasteiger partial charge is 0.238 e. The molecule has 0 spiro atoms. The third-order valence-electron chi connectivity index (χ3n) is 3.37. The summed E-state index contributed by atoms with van der Waals surface area (Å²) in [7, 11) is 1.53. The molecule has 1 aromatic carbocycles. The van der Waals surface area contributed by atoms with Crippen LogP contribution in [0.5, 0.6) is 5.75 Å². The number of nitrogens with one attached hydrogen (secondary N) is 2. The van der Waals surface area contributed by atoms with Gasteiger partial charge in [-0.2, -0.15) is 0 Å². The molecule has 1 aliphatic heterocycles. The molecule has 1 heterocycles. The minimum absolute atomic E-state index is 0.00609. The average molecular weight is 329 g/mol. The second-order valence-corrected chi connectivity index (χ2v) is 5.32.